The standard InChI is InChI=1S/C72H42O2/c1-3-17-43(18-4-1)47-25-11-29-55-59(47)41-60-48(44-19-5-2-6-20-44)26-12-30-56(60)67(55)68-57-31-13-27-51(53-33-15-35-63-71(53)69-49-23-9-7-21-45(49)37-39-65(69)73-63)61(57)42-62-52(28-14-32-58(62)68)54-34-16-36-64-72(54)70-50-24-10-8-22-46(50)38-40-66(70)74-64/h1-42H. The van der Waals surface area contributed by atoms with Crippen molar-refractivity contribution >= 4 is 109 Å². The Labute approximate surface area is 425 Å². The topological polar surface area (TPSA) is 26.3 Å². The molecule has 0 aliphatic heterocycles. The SMILES string of the molecule is c1ccc(-c2cccc3c(-c4c5cccc(-c6cccc7oc8ccc9ccccc9c8c67)c5cc5c(-c6cccc7oc8ccc9ccccc9c8c67)cccc45)c4cccc(-c5ccccc5)c4cc23)cc1. The monoisotopic (exact) mass is 938 g/mol. The minimum atomic E-state index is 0.875. The molecule has 0 spiro atoms. The van der Waals surface area contributed by atoms with Crippen molar-refractivity contribution < 1.29 is 8.83 Å². The molecule has 0 radical (unpaired) electrons. The van der Waals surface area contributed by atoms with Crippen LogP contribution in [0.15, 0.2) is 264 Å². The predicted octanol–water partition coefficient (Wildman–Crippen LogP) is 20.7. The number of fused-ring (bicyclic) bond motifs is 14. The first-order valence-corrected chi connectivity index (χ1v) is 25.5. The summed E-state index contributed by atoms with van der Waals surface area (Å²) in [6.45, 7) is 0. The Morgan fingerprint density at radius 2 is 0.514 bits per heavy atom. The lowest BCUT2D eigenvalue weighted by Gasteiger charge is -2.22. The third-order valence-corrected chi connectivity index (χ3v) is 15.9. The highest BCUT2D eigenvalue weighted by atomic mass is 16.3. The van der Waals surface area contributed by atoms with Crippen LogP contribution in [0.4, 0.5) is 0 Å². The Bertz CT molecular complexity index is 4690. The van der Waals surface area contributed by atoms with Crippen LogP contribution < -0.4 is 0 Å². The molecule has 0 aliphatic rings. The van der Waals surface area contributed by atoms with Crippen molar-refractivity contribution in [2.24, 2.45) is 0 Å². The number of hydrogen-bond acceptors (Lipinski definition) is 2. The second-order valence-corrected chi connectivity index (χ2v) is 19.7. The van der Waals surface area contributed by atoms with Crippen LogP contribution in [0, 0.1) is 0 Å². The minimum Gasteiger partial charge on any atom is -0.456 e. The molecule has 0 N–H and O–H groups in total. The predicted molar refractivity (Wildman–Crippen MR) is 313 cm³/mol. The van der Waals surface area contributed by atoms with E-state index in [1.165, 1.54) is 98.0 Å². The van der Waals surface area contributed by atoms with Crippen molar-refractivity contribution in [1.82, 2.24) is 0 Å². The van der Waals surface area contributed by atoms with Gasteiger partial charge in [0.25, 0.3) is 0 Å². The Morgan fingerprint density at radius 1 is 0.189 bits per heavy atom. The van der Waals surface area contributed by atoms with Gasteiger partial charge in [0.15, 0.2) is 0 Å². The fourth-order valence-electron chi connectivity index (χ4n) is 12.7. The molecule has 0 fully saturated rings. The van der Waals surface area contributed by atoms with Crippen LogP contribution in [-0.2, 0) is 0 Å². The second-order valence-electron chi connectivity index (χ2n) is 19.7. The molecule has 16 rings (SSSR count). The van der Waals surface area contributed by atoms with Gasteiger partial charge in [0.05, 0.1) is 0 Å². The van der Waals surface area contributed by atoms with Gasteiger partial charge in [-0.2, -0.15) is 0 Å². The van der Waals surface area contributed by atoms with Gasteiger partial charge in [0, 0.05) is 21.5 Å². The summed E-state index contributed by atoms with van der Waals surface area (Å²) in [5, 5.41) is 18.8. The average Bonchev–Trinajstić information content (AvgIpc) is 4.06. The molecule has 2 heteroatoms. The maximum absolute atomic E-state index is 6.76. The van der Waals surface area contributed by atoms with Crippen molar-refractivity contribution in [1.29, 1.82) is 0 Å². The fraction of sp³-hybridized carbons (Fsp3) is 0. The van der Waals surface area contributed by atoms with Crippen molar-refractivity contribution in [3.8, 4) is 55.6 Å². The molecule has 0 bridgehead atoms. The third kappa shape index (κ3) is 5.94. The van der Waals surface area contributed by atoms with E-state index in [0.29, 0.717) is 0 Å². The van der Waals surface area contributed by atoms with Crippen LogP contribution in [0.5, 0.6) is 0 Å². The van der Waals surface area contributed by atoms with Crippen LogP contribution >= 0.6 is 0 Å². The molecule has 342 valence electrons. The van der Waals surface area contributed by atoms with Gasteiger partial charge in [0.2, 0.25) is 0 Å². The van der Waals surface area contributed by atoms with Crippen LogP contribution in [0.1, 0.15) is 0 Å². The zero-order valence-electron chi connectivity index (χ0n) is 40.1. The number of benzene rings is 14. The first kappa shape index (κ1) is 40.9. The summed E-state index contributed by atoms with van der Waals surface area (Å²) in [6.07, 6.45) is 0. The van der Waals surface area contributed by atoms with Crippen molar-refractivity contribution in [3.63, 3.8) is 0 Å². The Morgan fingerprint density at radius 3 is 0.946 bits per heavy atom. The van der Waals surface area contributed by atoms with Gasteiger partial charge >= 0.3 is 0 Å². The van der Waals surface area contributed by atoms with Crippen molar-refractivity contribution in [3.05, 3.63) is 255 Å². The van der Waals surface area contributed by atoms with Crippen molar-refractivity contribution in [2.45, 2.75) is 0 Å². The lowest BCUT2D eigenvalue weighted by Crippen LogP contribution is -1.94. The quantitative estimate of drug-likeness (QED) is 0.161. The molecular weight excluding hydrogens is 897 g/mol. The average molecular weight is 939 g/mol. The maximum Gasteiger partial charge on any atom is 0.136 e. The summed E-state index contributed by atoms with van der Waals surface area (Å²) in [6, 6.07) is 93.4. The Hall–Kier alpha value is -9.76. The summed E-state index contributed by atoms with van der Waals surface area (Å²) in [7, 11) is 0. The zero-order valence-corrected chi connectivity index (χ0v) is 40.1. The number of rotatable bonds is 5. The highest BCUT2D eigenvalue weighted by Gasteiger charge is 2.25. The molecule has 0 saturated carbocycles. The van der Waals surface area contributed by atoms with Crippen LogP contribution in [0.2, 0.25) is 0 Å². The molecule has 14 aromatic carbocycles. The smallest absolute Gasteiger partial charge is 0.136 e. The minimum absolute atomic E-state index is 0.875. The maximum atomic E-state index is 6.76. The van der Waals surface area contributed by atoms with Gasteiger partial charge in [-0.15, -0.1) is 0 Å². The lowest BCUT2D eigenvalue weighted by molar-refractivity contribution is 0.669. The summed E-state index contributed by atoms with van der Waals surface area (Å²) in [4.78, 5) is 0. The van der Waals surface area contributed by atoms with Crippen LogP contribution in [0.25, 0.3) is 164 Å². The normalized spacial score (nSPS) is 12.1. The Balaban J connectivity index is 1.11. The van der Waals surface area contributed by atoms with Gasteiger partial charge in [-0.3, -0.25) is 0 Å². The molecular formula is C72H42O2. The van der Waals surface area contributed by atoms with E-state index in [2.05, 4.69) is 255 Å². The van der Waals surface area contributed by atoms with Gasteiger partial charge in [0.1, 0.15) is 22.3 Å². The van der Waals surface area contributed by atoms with E-state index in [-0.39, 0.29) is 0 Å². The summed E-state index contributed by atoms with van der Waals surface area (Å²) < 4.78 is 13.5. The number of hydrogen-bond donors (Lipinski definition) is 0. The second kappa shape index (κ2) is 15.9. The van der Waals surface area contributed by atoms with E-state index in [1.807, 2.05) is 0 Å². The summed E-state index contributed by atoms with van der Waals surface area (Å²) in [5.74, 6) is 0. The number of furan rings is 2. The van der Waals surface area contributed by atoms with Gasteiger partial charge in [-0.1, -0.05) is 218 Å². The first-order chi connectivity index (χ1) is 36.7. The van der Waals surface area contributed by atoms with Crippen LogP contribution in [-0.4, -0.2) is 0 Å². The molecule has 0 aliphatic carbocycles. The molecule has 2 aromatic heterocycles. The Kier molecular flexibility index (Phi) is 8.78. The van der Waals surface area contributed by atoms with E-state index < -0.39 is 0 Å². The van der Waals surface area contributed by atoms with E-state index in [0.717, 1.165) is 66.1 Å². The molecule has 16 aromatic rings. The highest BCUT2D eigenvalue weighted by Crippen LogP contribution is 2.52. The summed E-state index contributed by atoms with van der Waals surface area (Å²) in [5.41, 5.74) is 15.3. The first-order valence-electron chi connectivity index (χ1n) is 25.5. The van der Waals surface area contributed by atoms with Gasteiger partial charge in [-0.25, -0.2) is 0 Å². The van der Waals surface area contributed by atoms with Gasteiger partial charge < -0.3 is 8.83 Å². The van der Waals surface area contributed by atoms with Crippen LogP contribution in [0.3, 0.4) is 0 Å². The van der Waals surface area contributed by atoms with Gasteiger partial charge in [-0.05, 0) is 157 Å². The lowest BCUT2D eigenvalue weighted by atomic mass is 9.81. The van der Waals surface area contributed by atoms with E-state index in [4.69, 9.17) is 8.83 Å². The molecule has 0 saturated heterocycles. The van der Waals surface area contributed by atoms with E-state index >= 15 is 0 Å². The molecule has 0 amide bonds. The fourth-order valence-corrected chi connectivity index (χ4v) is 12.7. The van der Waals surface area contributed by atoms with E-state index in [9.17, 15) is 0 Å². The molecule has 74 heavy (non-hydrogen) atoms. The molecule has 0 atom stereocenters. The molecule has 2 nitrogen and oxygen atoms in total. The zero-order chi connectivity index (χ0) is 48.4. The summed E-state index contributed by atoms with van der Waals surface area (Å²) >= 11 is 0. The third-order valence-electron chi connectivity index (χ3n) is 15.9. The largest absolute Gasteiger partial charge is 0.456 e. The highest BCUT2D eigenvalue weighted by molar-refractivity contribution is 6.31. The molecule has 2 heterocycles. The van der Waals surface area contributed by atoms with Crippen molar-refractivity contribution in [2.75, 3.05) is 0 Å². The van der Waals surface area contributed by atoms with E-state index in [1.54, 1.807) is 0 Å². The molecule has 0 unspecified atom stereocenters.